The van der Waals surface area contributed by atoms with Crippen molar-refractivity contribution in [2.24, 2.45) is 0 Å². The Balaban J connectivity index is 1.62. The van der Waals surface area contributed by atoms with Gasteiger partial charge in [-0.05, 0) is 37.6 Å². The molecule has 5 nitrogen and oxygen atoms in total. The lowest BCUT2D eigenvalue weighted by Crippen LogP contribution is -2.52. The van der Waals surface area contributed by atoms with E-state index in [9.17, 15) is 4.79 Å². The summed E-state index contributed by atoms with van der Waals surface area (Å²) in [6, 6.07) is 6.35. The highest BCUT2D eigenvalue weighted by Gasteiger charge is 2.28. The number of nitrogens with one attached hydrogen (secondary N) is 1. The second-order valence-electron chi connectivity index (χ2n) is 6.16. The quantitative estimate of drug-likeness (QED) is 0.909. The fraction of sp³-hybridized carbons (Fsp3) is 0.588. The van der Waals surface area contributed by atoms with Crippen LogP contribution in [0.2, 0.25) is 0 Å². The van der Waals surface area contributed by atoms with Crippen LogP contribution in [-0.4, -0.2) is 68.1 Å². The van der Waals surface area contributed by atoms with E-state index < -0.39 is 0 Å². The number of ether oxygens (including phenoxy) is 1. The zero-order valence-corrected chi connectivity index (χ0v) is 13.5. The molecule has 120 valence electrons. The second kappa shape index (κ2) is 6.67. The summed E-state index contributed by atoms with van der Waals surface area (Å²) in [5.41, 5.74) is 1.77. The molecule has 2 fully saturated rings. The van der Waals surface area contributed by atoms with Gasteiger partial charge in [0.15, 0.2) is 0 Å². The monoisotopic (exact) mass is 303 g/mol. The van der Waals surface area contributed by atoms with Crippen molar-refractivity contribution in [1.82, 2.24) is 15.1 Å². The Hall–Kier alpha value is -1.59. The molecule has 0 spiro atoms. The Morgan fingerprint density at radius 2 is 2.05 bits per heavy atom. The van der Waals surface area contributed by atoms with Gasteiger partial charge in [0.25, 0.3) is 5.91 Å². The molecule has 1 aromatic carbocycles. The third-order valence-corrected chi connectivity index (χ3v) is 4.81. The topological polar surface area (TPSA) is 44.8 Å². The Labute approximate surface area is 132 Å². The van der Waals surface area contributed by atoms with E-state index in [-0.39, 0.29) is 5.91 Å². The average molecular weight is 303 g/mol. The Bertz CT molecular complexity index is 533. The van der Waals surface area contributed by atoms with Gasteiger partial charge in [-0.25, -0.2) is 0 Å². The fourth-order valence-corrected chi connectivity index (χ4v) is 3.38. The highest BCUT2D eigenvalue weighted by Crippen LogP contribution is 2.21. The van der Waals surface area contributed by atoms with Crippen LogP contribution in [0.3, 0.4) is 0 Å². The molecule has 22 heavy (non-hydrogen) atoms. The Morgan fingerprint density at radius 1 is 1.27 bits per heavy atom. The number of carbonyl (C=O) groups excluding carboxylic acids is 1. The molecule has 2 saturated heterocycles. The van der Waals surface area contributed by atoms with Crippen LogP contribution in [0.4, 0.5) is 0 Å². The minimum Gasteiger partial charge on any atom is -0.496 e. The lowest BCUT2D eigenvalue weighted by molar-refractivity contribution is 0.0583. The molecule has 0 radical (unpaired) electrons. The number of hydrogen-bond acceptors (Lipinski definition) is 4. The molecule has 0 saturated carbocycles. The maximum atomic E-state index is 12.6. The van der Waals surface area contributed by atoms with E-state index in [1.165, 1.54) is 6.42 Å². The van der Waals surface area contributed by atoms with Gasteiger partial charge in [0.05, 0.1) is 7.11 Å². The first kappa shape index (κ1) is 15.3. The molecule has 2 aliphatic rings. The standard InChI is InChI=1S/C17H25N3O2/c1-13-3-4-14(11-16(13)22-2)17(21)20-9-7-19(8-10-20)15-5-6-18-12-15/h3-4,11,15,18H,5-10,12H2,1-2H3. The van der Waals surface area contributed by atoms with Crippen molar-refractivity contribution in [3.05, 3.63) is 29.3 Å². The van der Waals surface area contributed by atoms with Gasteiger partial charge in [-0.3, -0.25) is 9.69 Å². The van der Waals surface area contributed by atoms with Crippen LogP contribution in [0.5, 0.6) is 5.75 Å². The van der Waals surface area contributed by atoms with Crippen molar-refractivity contribution in [3.63, 3.8) is 0 Å². The zero-order chi connectivity index (χ0) is 15.5. The summed E-state index contributed by atoms with van der Waals surface area (Å²) < 4.78 is 5.32. The van der Waals surface area contributed by atoms with E-state index >= 15 is 0 Å². The molecule has 1 atom stereocenters. The molecule has 5 heteroatoms. The number of benzene rings is 1. The van der Waals surface area contributed by atoms with Crippen LogP contribution >= 0.6 is 0 Å². The van der Waals surface area contributed by atoms with E-state index in [4.69, 9.17) is 4.74 Å². The lowest BCUT2D eigenvalue weighted by Gasteiger charge is -2.37. The van der Waals surface area contributed by atoms with Gasteiger partial charge in [-0.1, -0.05) is 6.07 Å². The van der Waals surface area contributed by atoms with Gasteiger partial charge in [0.1, 0.15) is 5.75 Å². The molecule has 2 heterocycles. The average Bonchev–Trinajstić information content (AvgIpc) is 3.09. The summed E-state index contributed by atoms with van der Waals surface area (Å²) in [5.74, 6) is 0.893. The maximum Gasteiger partial charge on any atom is 0.254 e. The van der Waals surface area contributed by atoms with Gasteiger partial charge < -0.3 is 15.0 Å². The van der Waals surface area contributed by atoms with Crippen molar-refractivity contribution in [3.8, 4) is 5.75 Å². The van der Waals surface area contributed by atoms with E-state index in [2.05, 4.69) is 10.2 Å². The zero-order valence-electron chi connectivity index (χ0n) is 13.5. The number of carbonyl (C=O) groups is 1. The minimum atomic E-state index is 0.113. The van der Waals surface area contributed by atoms with Gasteiger partial charge in [0, 0.05) is 44.3 Å². The first-order valence-corrected chi connectivity index (χ1v) is 8.07. The second-order valence-corrected chi connectivity index (χ2v) is 6.16. The summed E-state index contributed by atoms with van der Waals surface area (Å²) in [7, 11) is 1.64. The third kappa shape index (κ3) is 3.10. The van der Waals surface area contributed by atoms with Crippen molar-refractivity contribution >= 4 is 5.91 Å². The number of amides is 1. The van der Waals surface area contributed by atoms with Crippen molar-refractivity contribution in [2.75, 3.05) is 46.4 Å². The van der Waals surface area contributed by atoms with Crippen LogP contribution in [0, 0.1) is 6.92 Å². The Morgan fingerprint density at radius 3 is 2.68 bits per heavy atom. The molecule has 2 aliphatic heterocycles. The number of piperazine rings is 1. The Kier molecular flexibility index (Phi) is 4.64. The molecule has 1 unspecified atom stereocenters. The van der Waals surface area contributed by atoms with Crippen LogP contribution in [-0.2, 0) is 0 Å². The van der Waals surface area contributed by atoms with Crippen LogP contribution in [0.25, 0.3) is 0 Å². The summed E-state index contributed by atoms with van der Waals surface area (Å²) in [6.07, 6.45) is 1.23. The van der Waals surface area contributed by atoms with Gasteiger partial charge in [-0.15, -0.1) is 0 Å². The van der Waals surface area contributed by atoms with Crippen LogP contribution < -0.4 is 10.1 Å². The minimum absolute atomic E-state index is 0.113. The molecule has 1 aromatic rings. The molecule has 1 N–H and O–H groups in total. The number of aryl methyl sites for hydroxylation is 1. The SMILES string of the molecule is COc1cc(C(=O)N2CCN(C3CCNC3)CC2)ccc1C. The molecule has 3 rings (SSSR count). The predicted octanol–water partition coefficient (Wildman–Crippen LogP) is 1.12. The van der Waals surface area contributed by atoms with E-state index in [1.54, 1.807) is 7.11 Å². The van der Waals surface area contributed by atoms with E-state index in [1.807, 2.05) is 30.0 Å². The normalized spacial score (nSPS) is 22.8. The highest BCUT2D eigenvalue weighted by molar-refractivity contribution is 5.94. The molecule has 0 bridgehead atoms. The molecular formula is C17H25N3O2. The predicted molar refractivity (Wildman–Crippen MR) is 86.5 cm³/mol. The summed E-state index contributed by atoms with van der Waals surface area (Å²) in [4.78, 5) is 17.1. The maximum absolute atomic E-state index is 12.6. The van der Waals surface area contributed by atoms with Crippen LogP contribution in [0.1, 0.15) is 22.3 Å². The van der Waals surface area contributed by atoms with Crippen molar-refractivity contribution < 1.29 is 9.53 Å². The number of rotatable bonds is 3. The number of hydrogen-bond donors (Lipinski definition) is 1. The van der Waals surface area contributed by atoms with Gasteiger partial charge >= 0.3 is 0 Å². The molecule has 1 amide bonds. The first-order valence-electron chi connectivity index (χ1n) is 8.07. The molecule has 0 aliphatic carbocycles. The van der Waals surface area contributed by atoms with Gasteiger partial charge in [0.2, 0.25) is 0 Å². The highest BCUT2D eigenvalue weighted by atomic mass is 16.5. The summed E-state index contributed by atoms with van der Waals surface area (Å²) in [6.45, 7) is 7.76. The molecular weight excluding hydrogens is 278 g/mol. The van der Waals surface area contributed by atoms with E-state index in [0.717, 1.165) is 56.1 Å². The summed E-state index contributed by atoms with van der Waals surface area (Å²) in [5, 5.41) is 3.41. The fourth-order valence-electron chi connectivity index (χ4n) is 3.38. The number of methoxy groups -OCH3 is 1. The summed E-state index contributed by atoms with van der Waals surface area (Å²) >= 11 is 0. The number of nitrogens with zero attached hydrogens (tertiary/aromatic N) is 2. The third-order valence-electron chi connectivity index (χ3n) is 4.81. The first-order chi connectivity index (χ1) is 10.7. The van der Waals surface area contributed by atoms with Crippen molar-refractivity contribution in [1.29, 1.82) is 0 Å². The van der Waals surface area contributed by atoms with Crippen molar-refractivity contribution in [2.45, 2.75) is 19.4 Å². The largest absolute Gasteiger partial charge is 0.496 e. The smallest absolute Gasteiger partial charge is 0.254 e. The van der Waals surface area contributed by atoms with E-state index in [0.29, 0.717) is 6.04 Å². The molecule has 0 aromatic heterocycles. The van der Waals surface area contributed by atoms with Crippen LogP contribution in [0.15, 0.2) is 18.2 Å². The lowest BCUT2D eigenvalue weighted by atomic mass is 10.1. The van der Waals surface area contributed by atoms with Gasteiger partial charge in [-0.2, -0.15) is 0 Å².